The van der Waals surface area contributed by atoms with Crippen LogP contribution in [0.5, 0.6) is 0 Å². The number of hydrogen-bond donors (Lipinski definition) is 0. The van der Waals surface area contributed by atoms with Crippen molar-refractivity contribution in [3.05, 3.63) is 44.9 Å². The van der Waals surface area contributed by atoms with Crippen molar-refractivity contribution in [2.45, 2.75) is 12.2 Å². The lowest BCUT2D eigenvalue weighted by Gasteiger charge is -2.08. The molecule has 106 valence electrons. The molecule has 1 aromatic carbocycles. The van der Waals surface area contributed by atoms with Crippen LogP contribution in [0.25, 0.3) is 21.6 Å². The van der Waals surface area contributed by atoms with Gasteiger partial charge in [-0.05, 0) is 42.0 Å². The summed E-state index contributed by atoms with van der Waals surface area (Å²) in [5.74, 6) is 2.99. The van der Waals surface area contributed by atoms with E-state index in [1.165, 1.54) is 16.2 Å². The highest BCUT2D eigenvalue weighted by molar-refractivity contribution is 7.98. The fourth-order valence-corrected chi connectivity index (χ4v) is 5.14. The molecule has 0 unspecified atom stereocenters. The second-order valence-electron chi connectivity index (χ2n) is 4.86. The molecule has 3 aromatic rings. The number of nitrogens with zero attached hydrogens (tertiary/aromatic N) is 2. The maximum atomic E-state index is 6.30. The Balaban J connectivity index is 1.86. The summed E-state index contributed by atoms with van der Waals surface area (Å²) in [6.45, 7) is 0. The van der Waals surface area contributed by atoms with Crippen LogP contribution in [-0.4, -0.2) is 15.7 Å². The summed E-state index contributed by atoms with van der Waals surface area (Å²) in [4.78, 5) is 11.7. The van der Waals surface area contributed by atoms with Crippen molar-refractivity contribution in [3.63, 3.8) is 0 Å². The van der Waals surface area contributed by atoms with Gasteiger partial charge < -0.3 is 0 Å². The normalized spacial score (nSPS) is 14.4. The van der Waals surface area contributed by atoms with Gasteiger partial charge in [0.2, 0.25) is 0 Å². The number of aryl methyl sites for hydroxylation is 1. The fourth-order valence-electron chi connectivity index (χ4n) is 2.43. The van der Waals surface area contributed by atoms with Crippen molar-refractivity contribution in [3.8, 4) is 10.7 Å². The molecule has 0 saturated carbocycles. The lowest BCUT2D eigenvalue weighted by molar-refractivity contribution is 1.13. The topological polar surface area (TPSA) is 25.8 Å². The summed E-state index contributed by atoms with van der Waals surface area (Å²) in [5.41, 5.74) is 2.25. The van der Waals surface area contributed by atoms with Crippen LogP contribution in [0.3, 0.4) is 0 Å². The zero-order valence-corrected chi connectivity index (χ0v) is 14.0. The van der Waals surface area contributed by atoms with Gasteiger partial charge in [-0.2, -0.15) is 11.8 Å². The van der Waals surface area contributed by atoms with Crippen LogP contribution in [0.1, 0.15) is 10.4 Å². The molecule has 2 aromatic heterocycles. The van der Waals surface area contributed by atoms with Gasteiger partial charge in [0.15, 0.2) is 5.82 Å². The molecule has 21 heavy (non-hydrogen) atoms. The van der Waals surface area contributed by atoms with Gasteiger partial charge in [0.05, 0.1) is 10.4 Å². The van der Waals surface area contributed by atoms with E-state index in [0.29, 0.717) is 16.0 Å². The molecular weight excluding hydrogens is 343 g/mol. The zero-order chi connectivity index (χ0) is 14.4. The molecule has 0 bridgehead atoms. The first-order valence-corrected chi connectivity index (χ1v) is 9.26. The Labute approximate surface area is 140 Å². The predicted molar refractivity (Wildman–Crippen MR) is 92.7 cm³/mol. The first-order chi connectivity index (χ1) is 10.2. The summed E-state index contributed by atoms with van der Waals surface area (Å²) in [6, 6.07) is 7.73. The lowest BCUT2D eigenvalue weighted by Crippen LogP contribution is -1.96. The molecule has 3 heterocycles. The monoisotopic (exact) mass is 352 g/mol. The van der Waals surface area contributed by atoms with Crippen LogP contribution >= 0.6 is 46.3 Å². The van der Waals surface area contributed by atoms with Crippen LogP contribution in [0.2, 0.25) is 10.2 Å². The van der Waals surface area contributed by atoms with E-state index in [2.05, 4.69) is 16.0 Å². The third kappa shape index (κ3) is 2.55. The number of thioether (sulfide) groups is 1. The molecule has 0 saturated heterocycles. The number of fused-ring (bicyclic) bond motifs is 2. The number of hydrogen-bond acceptors (Lipinski definition) is 4. The van der Waals surface area contributed by atoms with Gasteiger partial charge in [-0.3, -0.25) is 0 Å². The maximum absolute atomic E-state index is 6.30. The Morgan fingerprint density at radius 1 is 1.10 bits per heavy atom. The predicted octanol–water partition coefficient (Wildman–Crippen LogP) is 5.45. The molecular formula is C15H10Cl2N2S2. The molecule has 6 heteroatoms. The number of benzene rings is 1. The third-order valence-electron chi connectivity index (χ3n) is 3.46. The van der Waals surface area contributed by atoms with E-state index in [9.17, 15) is 0 Å². The molecule has 1 aliphatic rings. The summed E-state index contributed by atoms with van der Waals surface area (Å²) in [6.07, 6.45) is 1.14. The summed E-state index contributed by atoms with van der Waals surface area (Å²) < 4.78 is 0. The van der Waals surface area contributed by atoms with Crippen molar-refractivity contribution in [2.75, 3.05) is 5.75 Å². The molecule has 0 radical (unpaired) electrons. The molecule has 0 atom stereocenters. The zero-order valence-electron chi connectivity index (χ0n) is 10.9. The maximum Gasteiger partial charge on any atom is 0.171 e. The molecule has 0 N–H and O–H groups in total. The first kappa shape index (κ1) is 13.8. The van der Waals surface area contributed by atoms with Gasteiger partial charge in [-0.1, -0.05) is 23.2 Å². The van der Waals surface area contributed by atoms with Gasteiger partial charge in [-0.15, -0.1) is 11.3 Å². The Morgan fingerprint density at radius 2 is 2.00 bits per heavy atom. The molecule has 1 aliphatic heterocycles. The van der Waals surface area contributed by atoms with Crippen LogP contribution in [0.15, 0.2) is 24.3 Å². The van der Waals surface area contributed by atoms with E-state index in [1.54, 1.807) is 17.4 Å². The van der Waals surface area contributed by atoms with Gasteiger partial charge in [0.1, 0.15) is 5.15 Å². The van der Waals surface area contributed by atoms with Gasteiger partial charge in [0.25, 0.3) is 0 Å². The minimum atomic E-state index is 0.457. The lowest BCUT2D eigenvalue weighted by atomic mass is 10.2. The average molecular weight is 353 g/mol. The molecule has 0 amide bonds. The molecule has 2 nitrogen and oxygen atoms in total. The molecule has 0 fully saturated rings. The van der Waals surface area contributed by atoms with Crippen LogP contribution in [-0.2, 0) is 12.2 Å². The fraction of sp³-hybridized carbons (Fsp3) is 0.200. The van der Waals surface area contributed by atoms with Gasteiger partial charge in [0, 0.05) is 21.0 Å². The summed E-state index contributed by atoms with van der Waals surface area (Å²) in [5, 5.41) is 1.90. The number of rotatable bonds is 1. The Bertz CT molecular complexity index is 822. The van der Waals surface area contributed by atoms with E-state index in [1.807, 2.05) is 23.9 Å². The Morgan fingerprint density at radius 3 is 2.86 bits per heavy atom. The Hall–Kier alpha value is -0.810. The second kappa shape index (κ2) is 5.43. The van der Waals surface area contributed by atoms with Crippen LogP contribution in [0.4, 0.5) is 0 Å². The molecule has 0 aliphatic carbocycles. The molecule has 0 spiro atoms. The van der Waals surface area contributed by atoms with Crippen LogP contribution < -0.4 is 0 Å². The standard InChI is InChI=1S/C15H10Cl2N2S2/c16-9-1-2-11-10(6-9)14(17)19-15(18-11)13-5-8-7-20-4-3-12(8)21-13/h1-2,5-6H,3-4,7H2. The van der Waals surface area contributed by atoms with E-state index in [0.717, 1.165) is 28.0 Å². The van der Waals surface area contributed by atoms with Crippen molar-refractivity contribution < 1.29 is 0 Å². The van der Waals surface area contributed by atoms with Crippen molar-refractivity contribution >= 4 is 57.2 Å². The quantitative estimate of drug-likeness (QED) is 0.544. The Kier molecular flexibility index (Phi) is 3.58. The van der Waals surface area contributed by atoms with Crippen molar-refractivity contribution in [1.82, 2.24) is 9.97 Å². The minimum absolute atomic E-state index is 0.457. The second-order valence-corrected chi connectivity index (χ2v) is 7.90. The smallest absolute Gasteiger partial charge is 0.171 e. The van der Waals surface area contributed by atoms with Gasteiger partial charge in [-0.25, -0.2) is 9.97 Å². The van der Waals surface area contributed by atoms with E-state index < -0.39 is 0 Å². The summed E-state index contributed by atoms with van der Waals surface area (Å²) >= 11 is 16.1. The third-order valence-corrected chi connectivity index (χ3v) is 6.22. The highest BCUT2D eigenvalue weighted by atomic mass is 35.5. The number of aromatic nitrogens is 2. The van der Waals surface area contributed by atoms with Crippen molar-refractivity contribution in [2.24, 2.45) is 0 Å². The largest absolute Gasteiger partial charge is 0.227 e. The highest BCUT2D eigenvalue weighted by Gasteiger charge is 2.17. The van der Waals surface area contributed by atoms with E-state index >= 15 is 0 Å². The van der Waals surface area contributed by atoms with E-state index in [-0.39, 0.29) is 0 Å². The minimum Gasteiger partial charge on any atom is -0.227 e. The first-order valence-electron chi connectivity index (χ1n) is 6.53. The SMILES string of the molecule is Clc1ccc2nc(-c3cc4c(s3)CCSC4)nc(Cl)c2c1. The van der Waals surface area contributed by atoms with Gasteiger partial charge >= 0.3 is 0 Å². The average Bonchev–Trinajstić information content (AvgIpc) is 2.92. The number of thiophene rings is 1. The number of halogens is 2. The van der Waals surface area contributed by atoms with E-state index in [4.69, 9.17) is 23.2 Å². The highest BCUT2D eigenvalue weighted by Crippen LogP contribution is 2.37. The molecule has 4 rings (SSSR count). The van der Waals surface area contributed by atoms with Crippen LogP contribution in [0, 0.1) is 0 Å². The van der Waals surface area contributed by atoms with Crippen molar-refractivity contribution in [1.29, 1.82) is 0 Å². The summed E-state index contributed by atoms with van der Waals surface area (Å²) in [7, 11) is 0.